The van der Waals surface area contributed by atoms with Crippen LogP contribution in [-0.4, -0.2) is 13.1 Å². The molecule has 1 atom stereocenters. The Kier molecular flexibility index (Phi) is 4.39. The zero-order valence-electron chi connectivity index (χ0n) is 11.0. The smallest absolute Gasteiger partial charge is 0.0246 e. The van der Waals surface area contributed by atoms with E-state index in [1.165, 1.54) is 16.3 Å². The first-order valence-electron chi connectivity index (χ1n) is 6.38. The van der Waals surface area contributed by atoms with E-state index in [2.05, 4.69) is 59.6 Å². The minimum absolute atomic E-state index is 0.420. The van der Waals surface area contributed by atoms with Crippen molar-refractivity contribution in [3.8, 4) is 11.8 Å². The van der Waals surface area contributed by atoms with Crippen molar-refractivity contribution in [2.45, 2.75) is 25.8 Å². The van der Waals surface area contributed by atoms with Gasteiger partial charge in [-0.25, -0.2) is 0 Å². The average molecular weight is 237 g/mol. The highest BCUT2D eigenvalue weighted by Crippen LogP contribution is 2.20. The molecule has 0 saturated heterocycles. The van der Waals surface area contributed by atoms with Gasteiger partial charge >= 0.3 is 0 Å². The lowest BCUT2D eigenvalue weighted by atomic mass is 9.97. The fourth-order valence-electron chi connectivity index (χ4n) is 2.24. The van der Waals surface area contributed by atoms with E-state index in [9.17, 15) is 0 Å². The monoisotopic (exact) mass is 237 g/mol. The highest BCUT2D eigenvalue weighted by molar-refractivity contribution is 5.85. The van der Waals surface area contributed by atoms with Crippen LogP contribution < -0.4 is 5.32 Å². The summed E-state index contributed by atoms with van der Waals surface area (Å²) in [7, 11) is 2.01. The van der Waals surface area contributed by atoms with Crippen molar-refractivity contribution in [1.82, 2.24) is 5.32 Å². The standard InChI is InChI=1S/C17H19N/c1-3-4-11-16(18-2)13-15-10-7-9-14-8-5-6-12-17(14)15/h5-10,12,16,18H,11,13H2,1-2H3. The van der Waals surface area contributed by atoms with E-state index < -0.39 is 0 Å². The lowest BCUT2D eigenvalue weighted by Gasteiger charge is -2.14. The van der Waals surface area contributed by atoms with Crippen molar-refractivity contribution in [3.63, 3.8) is 0 Å². The quantitative estimate of drug-likeness (QED) is 0.804. The Hall–Kier alpha value is -1.78. The molecule has 1 unspecified atom stereocenters. The molecule has 92 valence electrons. The van der Waals surface area contributed by atoms with Crippen molar-refractivity contribution in [2.24, 2.45) is 0 Å². The number of hydrogen-bond acceptors (Lipinski definition) is 1. The molecule has 0 saturated carbocycles. The Bertz CT molecular complexity index is 569. The van der Waals surface area contributed by atoms with Gasteiger partial charge in [-0.3, -0.25) is 0 Å². The molecular formula is C17H19N. The lowest BCUT2D eigenvalue weighted by molar-refractivity contribution is 0.574. The van der Waals surface area contributed by atoms with Crippen LogP contribution in [0.5, 0.6) is 0 Å². The van der Waals surface area contributed by atoms with Crippen molar-refractivity contribution in [2.75, 3.05) is 7.05 Å². The fraction of sp³-hybridized carbons (Fsp3) is 0.294. The van der Waals surface area contributed by atoms with Crippen LogP contribution >= 0.6 is 0 Å². The van der Waals surface area contributed by atoms with Gasteiger partial charge in [0.2, 0.25) is 0 Å². The first kappa shape index (κ1) is 12.7. The molecule has 1 N–H and O–H groups in total. The Labute approximate surface area is 109 Å². The summed E-state index contributed by atoms with van der Waals surface area (Å²) in [6.45, 7) is 1.89. The highest BCUT2D eigenvalue weighted by atomic mass is 14.9. The SMILES string of the molecule is CC#CCC(Cc1cccc2ccccc12)NC. The summed E-state index contributed by atoms with van der Waals surface area (Å²) in [5.74, 6) is 6.12. The molecular weight excluding hydrogens is 218 g/mol. The van der Waals surface area contributed by atoms with Crippen LogP contribution in [0.25, 0.3) is 10.8 Å². The molecule has 0 aliphatic rings. The molecule has 0 amide bonds. The molecule has 0 heterocycles. The lowest BCUT2D eigenvalue weighted by Crippen LogP contribution is -2.27. The summed E-state index contributed by atoms with van der Waals surface area (Å²) in [6.07, 6.45) is 1.92. The van der Waals surface area contributed by atoms with Crippen LogP contribution in [0.3, 0.4) is 0 Å². The number of rotatable bonds is 4. The van der Waals surface area contributed by atoms with Gasteiger partial charge in [-0.2, -0.15) is 0 Å². The number of fused-ring (bicyclic) bond motifs is 1. The minimum atomic E-state index is 0.420. The second-order valence-electron chi connectivity index (χ2n) is 4.46. The summed E-state index contributed by atoms with van der Waals surface area (Å²) < 4.78 is 0. The molecule has 0 radical (unpaired) electrons. The van der Waals surface area contributed by atoms with E-state index in [4.69, 9.17) is 0 Å². The second-order valence-corrected chi connectivity index (χ2v) is 4.46. The number of likely N-dealkylation sites (N-methyl/N-ethyl adjacent to an activating group) is 1. The Morgan fingerprint density at radius 2 is 1.89 bits per heavy atom. The van der Waals surface area contributed by atoms with Crippen LogP contribution in [0.2, 0.25) is 0 Å². The van der Waals surface area contributed by atoms with Gasteiger partial charge < -0.3 is 5.32 Å². The normalized spacial score (nSPS) is 11.9. The number of benzene rings is 2. The predicted molar refractivity (Wildman–Crippen MR) is 78.6 cm³/mol. The number of hydrogen-bond donors (Lipinski definition) is 1. The van der Waals surface area contributed by atoms with Crippen molar-refractivity contribution in [3.05, 3.63) is 48.0 Å². The molecule has 0 bridgehead atoms. The third kappa shape index (κ3) is 2.91. The van der Waals surface area contributed by atoms with Crippen LogP contribution in [-0.2, 0) is 6.42 Å². The summed E-state index contributed by atoms with van der Waals surface area (Å²) in [5, 5.41) is 6.01. The molecule has 2 rings (SSSR count). The van der Waals surface area contributed by atoms with E-state index in [1.807, 2.05) is 14.0 Å². The van der Waals surface area contributed by atoms with E-state index in [0.29, 0.717) is 6.04 Å². The summed E-state index contributed by atoms with van der Waals surface area (Å²) in [4.78, 5) is 0. The van der Waals surface area contributed by atoms with Crippen LogP contribution in [0.4, 0.5) is 0 Å². The maximum Gasteiger partial charge on any atom is 0.0246 e. The first-order chi connectivity index (χ1) is 8.85. The molecule has 18 heavy (non-hydrogen) atoms. The minimum Gasteiger partial charge on any atom is -0.316 e. The van der Waals surface area contributed by atoms with Crippen LogP contribution in [0.1, 0.15) is 18.9 Å². The molecule has 0 aromatic heterocycles. The van der Waals surface area contributed by atoms with Crippen molar-refractivity contribution < 1.29 is 0 Å². The van der Waals surface area contributed by atoms with Crippen molar-refractivity contribution in [1.29, 1.82) is 0 Å². The molecule has 0 spiro atoms. The molecule has 0 fully saturated rings. The molecule has 0 aliphatic carbocycles. The summed E-state index contributed by atoms with van der Waals surface area (Å²) in [6, 6.07) is 15.5. The van der Waals surface area contributed by atoms with Gasteiger partial charge in [0.25, 0.3) is 0 Å². The first-order valence-corrected chi connectivity index (χ1v) is 6.38. The predicted octanol–water partition coefficient (Wildman–Crippen LogP) is 3.38. The van der Waals surface area contributed by atoms with Gasteiger partial charge in [-0.1, -0.05) is 42.5 Å². The third-order valence-electron chi connectivity index (χ3n) is 3.28. The maximum absolute atomic E-state index is 3.35. The highest BCUT2D eigenvalue weighted by Gasteiger charge is 2.08. The van der Waals surface area contributed by atoms with Crippen LogP contribution in [0, 0.1) is 11.8 Å². The third-order valence-corrected chi connectivity index (χ3v) is 3.28. The van der Waals surface area contributed by atoms with Gasteiger partial charge in [0.15, 0.2) is 0 Å². The second kappa shape index (κ2) is 6.23. The zero-order valence-corrected chi connectivity index (χ0v) is 11.0. The van der Waals surface area contributed by atoms with Gasteiger partial charge in [0.1, 0.15) is 0 Å². The van der Waals surface area contributed by atoms with Gasteiger partial charge in [0, 0.05) is 12.5 Å². The van der Waals surface area contributed by atoms with Crippen molar-refractivity contribution >= 4 is 10.8 Å². The Morgan fingerprint density at radius 3 is 2.67 bits per heavy atom. The molecule has 0 aliphatic heterocycles. The average Bonchev–Trinajstić information content (AvgIpc) is 2.43. The van der Waals surface area contributed by atoms with E-state index >= 15 is 0 Å². The van der Waals surface area contributed by atoms with E-state index in [0.717, 1.165) is 12.8 Å². The van der Waals surface area contributed by atoms with Gasteiger partial charge in [0.05, 0.1) is 0 Å². The summed E-state index contributed by atoms with van der Waals surface area (Å²) >= 11 is 0. The zero-order chi connectivity index (χ0) is 12.8. The molecule has 1 heteroatoms. The Morgan fingerprint density at radius 1 is 1.11 bits per heavy atom. The fourth-order valence-corrected chi connectivity index (χ4v) is 2.24. The maximum atomic E-state index is 3.35. The van der Waals surface area contributed by atoms with E-state index in [1.54, 1.807) is 0 Å². The number of nitrogens with one attached hydrogen (secondary N) is 1. The molecule has 2 aromatic rings. The van der Waals surface area contributed by atoms with Crippen LogP contribution in [0.15, 0.2) is 42.5 Å². The summed E-state index contributed by atoms with van der Waals surface area (Å²) in [5.41, 5.74) is 1.39. The largest absolute Gasteiger partial charge is 0.316 e. The van der Waals surface area contributed by atoms with Gasteiger partial charge in [-0.05, 0) is 36.7 Å². The topological polar surface area (TPSA) is 12.0 Å². The molecule has 1 nitrogen and oxygen atoms in total. The molecule has 2 aromatic carbocycles. The van der Waals surface area contributed by atoms with Gasteiger partial charge in [-0.15, -0.1) is 11.8 Å². The van der Waals surface area contributed by atoms with E-state index in [-0.39, 0.29) is 0 Å². The Balaban J connectivity index is 2.26.